The van der Waals surface area contributed by atoms with E-state index in [1.54, 1.807) is 6.92 Å². The zero-order valence-electron chi connectivity index (χ0n) is 7.90. The van der Waals surface area contributed by atoms with Crippen molar-refractivity contribution in [1.82, 2.24) is 4.90 Å². The Morgan fingerprint density at radius 3 is 2.67 bits per heavy atom. The summed E-state index contributed by atoms with van der Waals surface area (Å²) in [6.07, 6.45) is 1.90. The van der Waals surface area contributed by atoms with Gasteiger partial charge in [0, 0.05) is 12.1 Å². The molecular formula is C9H19NO2. The zero-order valence-corrected chi connectivity index (χ0v) is 7.90. The van der Waals surface area contributed by atoms with Crippen molar-refractivity contribution >= 4 is 0 Å². The maximum Gasteiger partial charge on any atom is 0.0664 e. The Labute approximate surface area is 74.0 Å². The summed E-state index contributed by atoms with van der Waals surface area (Å²) in [6.45, 7) is 5.05. The molecule has 2 unspecified atom stereocenters. The van der Waals surface area contributed by atoms with Crippen LogP contribution in [0.3, 0.4) is 0 Å². The molecule has 3 nitrogen and oxygen atoms in total. The van der Waals surface area contributed by atoms with Gasteiger partial charge in [0.25, 0.3) is 0 Å². The van der Waals surface area contributed by atoms with Crippen molar-refractivity contribution in [3.05, 3.63) is 0 Å². The standard InChI is InChI=1S/C9H19NO2/c1-7(8(2)12)10-5-3-4-9(10)6-11/h7-9,11-12H,3-6H2,1-2H3/t7?,8?,9-/m0/s1. The lowest BCUT2D eigenvalue weighted by molar-refractivity contribution is 0.0456. The highest BCUT2D eigenvalue weighted by Gasteiger charge is 2.29. The van der Waals surface area contributed by atoms with Gasteiger partial charge in [-0.15, -0.1) is 0 Å². The van der Waals surface area contributed by atoms with Gasteiger partial charge < -0.3 is 10.2 Å². The van der Waals surface area contributed by atoms with E-state index in [-0.39, 0.29) is 24.8 Å². The van der Waals surface area contributed by atoms with E-state index in [2.05, 4.69) is 4.90 Å². The first kappa shape index (κ1) is 9.96. The molecule has 12 heavy (non-hydrogen) atoms. The smallest absolute Gasteiger partial charge is 0.0664 e. The van der Waals surface area contributed by atoms with Crippen molar-refractivity contribution in [3.8, 4) is 0 Å². The van der Waals surface area contributed by atoms with Gasteiger partial charge in [0.05, 0.1) is 12.7 Å². The van der Waals surface area contributed by atoms with Crippen LogP contribution < -0.4 is 0 Å². The SMILES string of the molecule is CC(O)C(C)N1CCC[C@H]1CO. The second kappa shape index (κ2) is 4.21. The molecule has 1 fully saturated rings. The van der Waals surface area contributed by atoms with Crippen LogP contribution in [0.4, 0.5) is 0 Å². The second-order valence-electron chi connectivity index (χ2n) is 3.70. The van der Waals surface area contributed by atoms with Crippen LogP contribution in [0.25, 0.3) is 0 Å². The topological polar surface area (TPSA) is 43.7 Å². The molecule has 0 radical (unpaired) electrons. The van der Waals surface area contributed by atoms with E-state index in [1.165, 1.54) is 0 Å². The normalized spacial score (nSPS) is 30.5. The quantitative estimate of drug-likeness (QED) is 0.641. The first-order valence-corrected chi connectivity index (χ1v) is 4.71. The van der Waals surface area contributed by atoms with Crippen molar-refractivity contribution in [2.24, 2.45) is 0 Å². The fraction of sp³-hybridized carbons (Fsp3) is 1.00. The summed E-state index contributed by atoms with van der Waals surface area (Å²) in [4.78, 5) is 2.20. The van der Waals surface area contributed by atoms with Gasteiger partial charge in [-0.25, -0.2) is 0 Å². The molecule has 0 spiro atoms. The highest BCUT2D eigenvalue weighted by Crippen LogP contribution is 2.20. The van der Waals surface area contributed by atoms with E-state index in [9.17, 15) is 5.11 Å². The van der Waals surface area contributed by atoms with Gasteiger partial charge >= 0.3 is 0 Å². The monoisotopic (exact) mass is 173 g/mol. The number of likely N-dealkylation sites (tertiary alicyclic amines) is 1. The number of hydrogen-bond donors (Lipinski definition) is 2. The van der Waals surface area contributed by atoms with Gasteiger partial charge in [0.1, 0.15) is 0 Å². The summed E-state index contributed by atoms with van der Waals surface area (Å²) in [5.41, 5.74) is 0. The van der Waals surface area contributed by atoms with Gasteiger partial charge in [0.15, 0.2) is 0 Å². The number of aliphatic hydroxyl groups is 2. The van der Waals surface area contributed by atoms with E-state index >= 15 is 0 Å². The van der Waals surface area contributed by atoms with E-state index in [0.717, 1.165) is 19.4 Å². The molecule has 0 aromatic heterocycles. The summed E-state index contributed by atoms with van der Waals surface area (Å²) in [7, 11) is 0. The molecule has 1 aliphatic rings. The average Bonchev–Trinajstić information content (AvgIpc) is 2.49. The van der Waals surface area contributed by atoms with Crippen molar-refractivity contribution in [3.63, 3.8) is 0 Å². The summed E-state index contributed by atoms with van der Waals surface area (Å²) in [6, 6.07) is 0.444. The minimum Gasteiger partial charge on any atom is -0.395 e. The van der Waals surface area contributed by atoms with Crippen LogP contribution in [0, 0.1) is 0 Å². The molecule has 2 N–H and O–H groups in total. The van der Waals surface area contributed by atoms with Crippen LogP contribution in [-0.4, -0.2) is 46.5 Å². The summed E-state index contributed by atoms with van der Waals surface area (Å²) in [5, 5.41) is 18.4. The van der Waals surface area contributed by atoms with Crippen LogP contribution in [0.1, 0.15) is 26.7 Å². The van der Waals surface area contributed by atoms with Crippen molar-refractivity contribution in [2.45, 2.75) is 44.9 Å². The first-order chi connectivity index (χ1) is 5.66. The minimum atomic E-state index is -0.308. The maximum absolute atomic E-state index is 9.37. The third-order valence-corrected chi connectivity index (χ3v) is 2.85. The van der Waals surface area contributed by atoms with E-state index in [4.69, 9.17) is 5.11 Å². The van der Waals surface area contributed by atoms with E-state index in [1.807, 2.05) is 6.92 Å². The molecule has 3 heteroatoms. The highest BCUT2D eigenvalue weighted by atomic mass is 16.3. The minimum absolute atomic E-state index is 0.171. The third kappa shape index (κ3) is 1.97. The summed E-state index contributed by atoms with van der Waals surface area (Å²) < 4.78 is 0. The van der Waals surface area contributed by atoms with Crippen molar-refractivity contribution < 1.29 is 10.2 Å². The largest absolute Gasteiger partial charge is 0.395 e. The van der Waals surface area contributed by atoms with Crippen LogP contribution >= 0.6 is 0 Å². The molecule has 1 saturated heterocycles. The fourth-order valence-corrected chi connectivity index (χ4v) is 1.87. The molecule has 1 aliphatic heterocycles. The molecule has 1 rings (SSSR count). The Morgan fingerprint density at radius 1 is 1.50 bits per heavy atom. The molecule has 72 valence electrons. The van der Waals surface area contributed by atoms with E-state index in [0.29, 0.717) is 0 Å². The Bertz CT molecular complexity index is 138. The number of nitrogens with zero attached hydrogens (tertiary/aromatic N) is 1. The lowest BCUT2D eigenvalue weighted by Crippen LogP contribution is -2.44. The van der Waals surface area contributed by atoms with E-state index < -0.39 is 0 Å². The molecule has 3 atom stereocenters. The lowest BCUT2D eigenvalue weighted by Gasteiger charge is -2.31. The average molecular weight is 173 g/mol. The lowest BCUT2D eigenvalue weighted by atomic mass is 10.1. The molecule has 1 heterocycles. The predicted octanol–water partition coefficient (Wildman–Crippen LogP) is 0.212. The maximum atomic E-state index is 9.37. The van der Waals surface area contributed by atoms with Crippen LogP contribution in [0.5, 0.6) is 0 Å². The first-order valence-electron chi connectivity index (χ1n) is 4.71. The third-order valence-electron chi connectivity index (χ3n) is 2.85. The Kier molecular flexibility index (Phi) is 3.50. The van der Waals surface area contributed by atoms with Gasteiger partial charge in [-0.2, -0.15) is 0 Å². The van der Waals surface area contributed by atoms with Gasteiger partial charge in [-0.05, 0) is 33.2 Å². The summed E-state index contributed by atoms with van der Waals surface area (Å²) >= 11 is 0. The Hall–Kier alpha value is -0.120. The number of aliphatic hydroxyl groups excluding tert-OH is 2. The number of hydrogen-bond acceptors (Lipinski definition) is 3. The highest BCUT2D eigenvalue weighted by molar-refractivity contribution is 4.84. The van der Waals surface area contributed by atoms with Gasteiger partial charge in [-0.1, -0.05) is 0 Å². The van der Waals surface area contributed by atoms with Crippen LogP contribution in [0.2, 0.25) is 0 Å². The number of rotatable bonds is 3. The Morgan fingerprint density at radius 2 is 2.17 bits per heavy atom. The van der Waals surface area contributed by atoms with Crippen LogP contribution in [-0.2, 0) is 0 Å². The molecule has 0 bridgehead atoms. The second-order valence-corrected chi connectivity index (χ2v) is 3.70. The van der Waals surface area contributed by atoms with Gasteiger partial charge in [-0.3, -0.25) is 4.90 Å². The molecule has 0 aliphatic carbocycles. The molecule has 0 saturated carbocycles. The summed E-state index contributed by atoms with van der Waals surface area (Å²) in [5.74, 6) is 0. The predicted molar refractivity (Wildman–Crippen MR) is 48.0 cm³/mol. The fourth-order valence-electron chi connectivity index (χ4n) is 1.87. The molecular weight excluding hydrogens is 154 g/mol. The molecule has 0 aromatic carbocycles. The van der Waals surface area contributed by atoms with Gasteiger partial charge in [0.2, 0.25) is 0 Å². The van der Waals surface area contributed by atoms with Crippen molar-refractivity contribution in [1.29, 1.82) is 0 Å². The van der Waals surface area contributed by atoms with Crippen molar-refractivity contribution in [2.75, 3.05) is 13.2 Å². The Balaban J connectivity index is 2.49. The molecule has 0 aromatic rings. The van der Waals surface area contributed by atoms with Crippen LogP contribution in [0.15, 0.2) is 0 Å². The zero-order chi connectivity index (χ0) is 9.14. The molecule has 0 amide bonds.